The molecule has 0 atom stereocenters. The van der Waals surface area contributed by atoms with E-state index < -0.39 is 0 Å². The number of hydrogen-bond acceptors (Lipinski definition) is 2. The Morgan fingerprint density at radius 1 is 1.24 bits per heavy atom. The van der Waals surface area contributed by atoms with E-state index in [1.54, 1.807) is 0 Å². The number of hydrogen-bond donors (Lipinski definition) is 0. The van der Waals surface area contributed by atoms with Crippen LogP contribution in [0.3, 0.4) is 0 Å². The molecule has 1 amide bonds. The van der Waals surface area contributed by atoms with E-state index in [9.17, 15) is 4.79 Å². The second-order valence-electron chi connectivity index (χ2n) is 5.44. The van der Waals surface area contributed by atoms with E-state index in [4.69, 9.17) is 4.74 Å². The Morgan fingerprint density at radius 3 is 2.71 bits per heavy atom. The van der Waals surface area contributed by atoms with Crippen LogP contribution >= 0.6 is 0 Å². The zero-order valence-corrected chi connectivity index (χ0v) is 12.9. The zero-order valence-electron chi connectivity index (χ0n) is 12.9. The number of carbonyl (C=O) groups is 1. The minimum absolute atomic E-state index is 0.0699. The lowest BCUT2D eigenvalue weighted by Crippen LogP contribution is -2.35. The van der Waals surface area contributed by atoms with Crippen LogP contribution in [0.2, 0.25) is 0 Å². The molecule has 114 valence electrons. The van der Waals surface area contributed by atoms with Crippen LogP contribution < -0.4 is 4.74 Å². The van der Waals surface area contributed by atoms with Gasteiger partial charge in [0.2, 0.25) is 0 Å². The lowest BCUT2D eigenvalue weighted by molar-refractivity contribution is -0.131. The fourth-order valence-corrected chi connectivity index (χ4v) is 2.55. The van der Waals surface area contributed by atoms with Gasteiger partial charge in [0.1, 0.15) is 5.75 Å². The van der Waals surface area contributed by atoms with Crippen molar-refractivity contribution in [3.05, 3.63) is 42.1 Å². The predicted octanol–water partition coefficient (Wildman–Crippen LogP) is 4.15. The summed E-state index contributed by atoms with van der Waals surface area (Å²) in [4.78, 5) is 14.4. The fraction of sp³-hybridized carbons (Fsp3) is 0.500. The van der Waals surface area contributed by atoms with Crippen molar-refractivity contribution in [2.24, 2.45) is 0 Å². The highest BCUT2D eigenvalue weighted by Gasteiger charge is 2.19. The summed E-state index contributed by atoms with van der Waals surface area (Å²) >= 11 is 0. The van der Waals surface area contributed by atoms with Gasteiger partial charge in [-0.15, -0.1) is 0 Å². The number of allylic oxidation sites excluding steroid dienone is 2. The van der Waals surface area contributed by atoms with Crippen LogP contribution in [0, 0.1) is 0 Å². The molecular formula is C18H25NO2. The number of unbranched alkanes of at least 4 members (excludes halogenated alkanes) is 1. The van der Waals surface area contributed by atoms with Crippen molar-refractivity contribution in [2.45, 2.75) is 45.4 Å². The summed E-state index contributed by atoms with van der Waals surface area (Å²) in [5.41, 5.74) is 1.19. The maximum absolute atomic E-state index is 12.5. The summed E-state index contributed by atoms with van der Waals surface area (Å²) in [6, 6.07) is 9.53. The van der Waals surface area contributed by atoms with Gasteiger partial charge in [-0.3, -0.25) is 4.79 Å². The third-order valence-corrected chi connectivity index (χ3v) is 3.76. The van der Waals surface area contributed by atoms with E-state index in [1.807, 2.05) is 35.2 Å². The van der Waals surface area contributed by atoms with E-state index in [0.717, 1.165) is 38.0 Å². The van der Waals surface area contributed by atoms with Gasteiger partial charge >= 0.3 is 0 Å². The number of benzene rings is 1. The van der Waals surface area contributed by atoms with Crippen molar-refractivity contribution in [1.29, 1.82) is 0 Å². The van der Waals surface area contributed by atoms with Gasteiger partial charge in [0.25, 0.3) is 5.91 Å². The van der Waals surface area contributed by atoms with Gasteiger partial charge in [-0.25, -0.2) is 0 Å². The second-order valence-corrected chi connectivity index (χ2v) is 5.44. The normalized spacial score (nSPS) is 14.4. The molecule has 0 heterocycles. The maximum atomic E-state index is 12.5. The molecule has 2 rings (SSSR count). The van der Waals surface area contributed by atoms with Crippen molar-refractivity contribution in [1.82, 2.24) is 4.90 Å². The molecule has 3 nitrogen and oxygen atoms in total. The summed E-state index contributed by atoms with van der Waals surface area (Å²) in [5.74, 6) is 0.819. The molecule has 1 aromatic rings. The average molecular weight is 287 g/mol. The smallest absolute Gasteiger partial charge is 0.264 e. The molecule has 0 fully saturated rings. The first-order valence-electron chi connectivity index (χ1n) is 7.98. The monoisotopic (exact) mass is 287 g/mol. The molecule has 0 radical (unpaired) electrons. The Labute approximate surface area is 127 Å². The Hall–Kier alpha value is -1.77. The highest BCUT2D eigenvalue weighted by atomic mass is 16.5. The van der Waals surface area contributed by atoms with Gasteiger partial charge in [0.05, 0.1) is 0 Å². The molecule has 0 aromatic heterocycles. The van der Waals surface area contributed by atoms with Crippen molar-refractivity contribution in [3.8, 4) is 5.75 Å². The van der Waals surface area contributed by atoms with E-state index >= 15 is 0 Å². The molecule has 0 saturated heterocycles. The number of para-hydroxylation sites is 1. The summed E-state index contributed by atoms with van der Waals surface area (Å²) < 4.78 is 5.60. The molecular weight excluding hydrogens is 262 g/mol. The first kappa shape index (κ1) is 15.6. The van der Waals surface area contributed by atoms with E-state index in [2.05, 4.69) is 13.0 Å². The van der Waals surface area contributed by atoms with Crippen LogP contribution in [0.1, 0.15) is 45.4 Å². The lowest BCUT2D eigenvalue weighted by atomic mass is 10.0. The second kappa shape index (κ2) is 8.50. The molecule has 1 aliphatic carbocycles. The minimum Gasteiger partial charge on any atom is -0.484 e. The standard InChI is InChI=1S/C18H25NO2/c1-2-3-14-19(16-10-6-4-7-11-16)18(20)15-21-17-12-8-5-9-13-17/h5,8-10,12-13H,2-4,6-7,11,14-15H2,1H3. The number of nitrogens with zero attached hydrogens (tertiary/aromatic N) is 1. The third-order valence-electron chi connectivity index (χ3n) is 3.76. The van der Waals surface area contributed by atoms with E-state index in [-0.39, 0.29) is 12.5 Å². The number of rotatable bonds is 7. The Bertz CT molecular complexity index is 467. The van der Waals surface area contributed by atoms with Crippen LogP contribution in [0.4, 0.5) is 0 Å². The van der Waals surface area contributed by atoms with Crippen LogP contribution in [-0.4, -0.2) is 24.0 Å². The predicted molar refractivity (Wildman–Crippen MR) is 85.1 cm³/mol. The van der Waals surface area contributed by atoms with Crippen LogP contribution in [0.5, 0.6) is 5.75 Å². The van der Waals surface area contributed by atoms with Crippen molar-refractivity contribution < 1.29 is 9.53 Å². The topological polar surface area (TPSA) is 29.5 Å². The van der Waals surface area contributed by atoms with Crippen molar-refractivity contribution >= 4 is 5.91 Å². The molecule has 0 unspecified atom stereocenters. The SMILES string of the molecule is CCCCN(C(=O)COc1ccccc1)C1=CCCCC1. The first-order chi connectivity index (χ1) is 10.3. The highest BCUT2D eigenvalue weighted by molar-refractivity contribution is 5.79. The van der Waals surface area contributed by atoms with E-state index in [1.165, 1.54) is 18.5 Å². The van der Waals surface area contributed by atoms with Gasteiger partial charge in [-0.05, 0) is 44.2 Å². The Kier molecular flexibility index (Phi) is 6.32. The number of carbonyl (C=O) groups excluding carboxylic acids is 1. The molecule has 1 aromatic carbocycles. The van der Waals surface area contributed by atoms with Crippen LogP contribution in [0.25, 0.3) is 0 Å². The van der Waals surface area contributed by atoms with Gasteiger partial charge in [0.15, 0.2) is 6.61 Å². The molecule has 0 aliphatic heterocycles. The maximum Gasteiger partial charge on any atom is 0.264 e. The molecule has 3 heteroatoms. The zero-order chi connectivity index (χ0) is 14.9. The molecule has 0 N–H and O–H groups in total. The van der Waals surface area contributed by atoms with Crippen LogP contribution in [0.15, 0.2) is 42.1 Å². The largest absolute Gasteiger partial charge is 0.484 e. The molecule has 21 heavy (non-hydrogen) atoms. The molecule has 0 bridgehead atoms. The first-order valence-corrected chi connectivity index (χ1v) is 7.98. The van der Waals surface area contributed by atoms with Gasteiger partial charge in [-0.1, -0.05) is 37.6 Å². The van der Waals surface area contributed by atoms with Crippen molar-refractivity contribution in [3.63, 3.8) is 0 Å². The minimum atomic E-state index is 0.0699. The number of amides is 1. The Morgan fingerprint density at radius 2 is 2.05 bits per heavy atom. The van der Waals surface area contributed by atoms with Gasteiger partial charge in [-0.2, -0.15) is 0 Å². The Balaban J connectivity index is 1.95. The molecule has 0 saturated carbocycles. The van der Waals surface area contributed by atoms with Crippen LogP contribution in [-0.2, 0) is 4.79 Å². The quantitative estimate of drug-likeness (QED) is 0.754. The number of ether oxygens (including phenoxy) is 1. The molecule has 1 aliphatic rings. The summed E-state index contributed by atoms with van der Waals surface area (Å²) in [6.07, 6.45) is 8.87. The van der Waals surface area contributed by atoms with Crippen molar-refractivity contribution in [2.75, 3.05) is 13.2 Å². The summed E-state index contributed by atoms with van der Waals surface area (Å²) in [6.45, 7) is 3.07. The summed E-state index contributed by atoms with van der Waals surface area (Å²) in [7, 11) is 0. The lowest BCUT2D eigenvalue weighted by Gasteiger charge is -2.27. The fourth-order valence-electron chi connectivity index (χ4n) is 2.55. The highest BCUT2D eigenvalue weighted by Crippen LogP contribution is 2.22. The van der Waals surface area contributed by atoms with Gasteiger partial charge < -0.3 is 9.64 Å². The summed E-state index contributed by atoms with van der Waals surface area (Å²) in [5, 5.41) is 0. The van der Waals surface area contributed by atoms with Gasteiger partial charge in [0, 0.05) is 12.2 Å². The molecule has 0 spiro atoms. The van der Waals surface area contributed by atoms with E-state index in [0.29, 0.717) is 0 Å². The third kappa shape index (κ3) is 4.92. The average Bonchev–Trinajstić information content (AvgIpc) is 2.55.